The van der Waals surface area contributed by atoms with Crippen molar-refractivity contribution in [2.75, 3.05) is 34.4 Å². The van der Waals surface area contributed by atoms with Gasteiger partial charge in [-0.15, -0.1) is 0 Å². The maximum absolute atomic E-state index is 12.3. The van der Waals surface area contributed by atoms with Crippen LogP contribution >= 0.6 is 0 Å². The molecule has 27 heavy (non-hydrogen) atoms. The van der Waals surface area contributed by atoms with Crippen molar-refractivity contribution in [2.45, 2.75) is 25.8 Å². The monoisotopic (exact) mass is 370 g/mol. The summed E-state index contributed by atoms with van der Waals surface area (Å²) >= 11 is 0. The molecule has 0 aliphatic rings. The van der Waals surface area contributed by atoms with Crippen LogP contribution < -0.4 is 14.8 Å². The number of hydrogen-bond acceptors (Lipinski definition) is 4. The van der Waals surface area contributed by atoms with Gasteiger partial charge in [0.05, 0.1) is 19.8 Å². The molecule has 5 nitrogen and oxygen atoms in total. The molecule has 5 heteroatoms. The van der Waals surface area contributed by atoms with E-state index in [9.17, 15) is 4.79 Å². The Hall–Kier alpha value is -2.53. The normalized spacial score (nSPS) is 11.9. The number of benzene rings is 2. The lowest BCUT2D eigenvalue weighted by atomic mass is 10.0. The van der Waals surface area contributed by atoms with Gasteiger partial charge in [0, 0.05) is 18.5 Å². The van der Waals surface area contributed by atoms with Crippen molar-refractivity contribution in [2.24, 2.45) is 0 Å². The molecule has 1 N–H and O–H groups in total. The fourth-order valence-electron chi connectivity index (χ4n) is 2.99. The standard InChI is InChI=1S/C22H30N2O3/c1-5-27-18-13-10-17(11-14-18)12-15-22(25)23-16-20(24(2)3)19-8-6-7-9-21(19)26-4/h6-11,13-14,20H,5,12,15-16H2,1-4H3,(H,23,25). The van der Waals surface area contributed by atoms with E-state index < -0.39 is 0 Å². The van der Waals surface area contributed by atoms with Crippen LogP contribution in [0.25, 0.3) is 0 Å². The largest absolute Gasteiger partial charge is 0.496 e. The Morgan fingerprint density at radius 3 is 2.44 bits per heavy atom. The van der Waals surface area contributed by atoms with Gasteiger partial charge in [-0.3, -0.25) is 4.79 Å². The van der Waals surface area contributed by atoms with Crippen LogP contribution in [0.15, 0.2) is 48.5 Å². The SMILES string of the molecule is CCOc1ccc(CCC(=O)NCC(c2ccccc2OC)N(C)C)cc1. The van der Waals surface area contributed by atoms with Gasteiger partial charge in [0.1, 0.15) is 11.5 Å². The zero-order valence-electron chi connectivity index (χ0n) is 16.7. The average molecular weight is 370 g/mol. The van der Waals surface area contributed by atoms with E-state index in [2.05, 4.69) is 10.2 Å². The second-order valence-corrected chi connectivity index (χ2v) is 6.60. The molecule has 0 heterocycles. The molecule has 146 valence electrons. The number of aryl methyl sites for hydroxylation is 1. The molecule has 0 spiro atoms. The summed E-state index contributed by atoms with van der Waals surface area (Å²) in [5.74, 6) is 1.74. The summed E-state index contributed by atoms with van der Waals surface area (Å²) in [7, 11) is 5.67. The molecule has 1 unspecified atom stereocenters. The quantitative estimate of drug-likeness (QED) is 0.696. The minimum Gasteiger partial charge on any atom is -0.496 e. The van der Waals surface area contributed by atoms with Gasteiger partial charge in [0.15, 0.2) is 0 Å². The molecule has 0 fully saturated rings. The van der Waals surface area contributed by atoms with Crippen LogP contribution in [-0.4, -0.2) is 45.2 Å². The minimum atomic E-state index is 0.0469. The van der Waals surface area contributed by atoms with E-state index in [1.54, 1.807) is 7.11 Å². The second kappa shape index (κ2) is 10.6. The smallest absolute Gasteiger partial charge is 0.220 e. The van der Waals surface area contributed by atoms with Crippen molar-refractivity contribution in [3.05, 3.63) is 59.7 Å². The van der Waals surface area contributed by atoms with Crippen LogP contribution in [0.5, 0.6) is 11.5 Å². The van der Waals surface area contributed by atoms with E-state index in [4.69, 9.17) is 9.47 Å². The maximum atomic E-state index is 12.3. The third-order valence-corrected chi connectivity index (χ3v) is 4.49. The molecule has 0 aromatic heterocycles. The van der Waals surface area contributed by atoms with Crippen LogP contribution in [0, 0.1) is 0 Å². The molecular weight excluding hydrogens is 340 g/mol. The number of ether oxygens (including phenoxy) is 2. The van der Waals surface area contributed by atoms with Gasteiger partial charge < -0.3 is 19.7 Å². The minimum absolute atomic E-state index is 0.0469. The number of amides is 1. The van der Waals surface area contributed by atoms with Crippen molar-refractivity contribution in [3.63, 3.8) is 0 Å². The van der Waals surface area contributed by atoms with E-state index in [0.29, 0.717) is 26.0 Å². The summed E-state index contributed by atoms with van der Waals surface area (Å²) in [6.45, 7) is 3.15. The first kappa shape index (κ1) is 20.8. The Morgan fingerprint density at radius 1 is 1.11 bits per heavy atom. The second-order valence-electron chi connectivity index (χ2n) is 6.60. The third-order valence-electron chi connectivity index (χ3n) is 4.49. The van der Waals surface area contributed by atoms with Crippen LogP contribution in [0.3, 0.4) is 0 Å². The van der Waals surface area contributed by atoms with Crippen LogP contribution in [0.4, 0.5) is 0 Å². The number of carbonyl (C=O) groups is 1. The van der Waals surface area contributed by atoms with Crippen molar-refractivity contribution in [3.8, 4) is 11.5 Å². The molecule has 0 bridgehead atoms. The molecule has 0 saturated heterocycles. The van der Waals surface area contributed by atoms with Crippen LogP contribution in [0.1, 0.15) is 30.5 Å². The third kappa shape index (κ3) is 6.29. The Bertz CT molecular complexity index is 714. The highest BCUT2D eigenvalue weighted by Crippen LogP contribution is 2.27. The molecule has 0 aliphatic carbocycles. The van der Waals surface area contributed by atoms with E-state index in [1.807, 2.05) is 69.6 Å². The lowest BCUT2D eigenvalue weighted by molar-refractivity contribution is -0.121. The predicted molar refractivity (Wildman–Crippen MR) is 108 cm³/mol. The summed E-state index contributed by atoms with van der Waals surface area (Å²) in [4.78, 5) is 14.4. The van der Waals surface area contributed by atoms with E-state index >= 15 is 0 Å². The van der Waals surface area contributed by atoms with Crippen molar-refractivity contribution >= 4 is 5.91 Å². The van der Waals surface area contributed by atoms with Gasteiger partial charge in [0.25, 0.3) is 0 Å². The Morgan fingerprint density at radius 2 is 1.81 bits per heavy atom. The number of carbonyl (C=O) groups excluding carboxylic acids is 1. The average Bonchev–Trinajstić information content (AvgIpc) is 2.68. The van der Waals surface area contributed by atoms with Gasteiger partial charge in [-0.2, -0.15) is 0 Å². The van der Waals surface area contributed by atoms with Gasteiger partial charge >= 0.3 is 0 Å². The molecule has 2 aromatic rings. The van der Waals surface area contributed by atoms with Gasteiger partial charge in [0.2, 0.25) is 5.91 Å². The fourth-order valence-corrected chi connectivity index (χ4v) is 2.99. The molecular formula is C22H30N2O3. The molecule has 0 saturated carbocycles. The lowest BCUT2D eigenvalue weighted by Gasteiger charge is -2.26. The van der Waals surface area contributed by atoms with Gasteiger partial charge in [-0.05, 0) is 51.2 Å². The zero-order chi connectivity index (χ0) is 19.6. The van der Waals surface area contributed by atoms with Crippen LogP contribution in [-0.2, 0) is 11.2 Å². The highest BCUT2D eigenvalue weighted by molar-refractivity contribution is 5.76. The summed E-state index contributed by atoms with van der Waals surface area (Å²) in [6.07, 6.45) is 1.17. The summed E-state index contributed by atoms with van der Waals surface area (Å²) in [6, 6.07) is 15.9. The van der Waals surface area contributed by atoms with Gasteiger partial charge in [-0.25, -0.2) is 0 Å². The zero-order valence-corrected chi connectivity index (χ0v) is 16.7. The van der Waals surface area contributed by atoms with Crippen molar-refractivity contribution in [1.82, 2.24) is 10.2 Å². The number of rotatable bonds is 10. The first-order chi connectivity index (χ1) is 13.0. The highest BCUT2D eigenvalue weighted by Gasteiger charge is 2.18. The number of methoxy groups -OCH3 is 1. The molecule has 2 rings (SSSR count). The Balaban J connectivity index is 1.88. The summed E-state index contributed by atoms with van der Waals surface area (Å²) in [5.41, 5.74) is 2.19. The molecule has 1 amide bonds. The summed E-state index contributed by atoms with van der Waals surface area (Å²) < 4.78 is 10.9. The van der Waals surface area contributed by atoms with E-state index in [0.717, 1.165) is 22.6 Å². The number of likely N-dealkylation sites (N-methyl/N-ethyl adjacent to an activating group) is 1. The first-order valence-electron chi connectivity index (χ1n) is 9.33. The molecule has 1 atom stereocenters. The Labute approximate surface area is 162 Å². The predicted octanol–water partition coefficient (Wildman–Crippen LogP) is 3.45. The topological polar surface area (TPSA) is 50.8 Å². The number of hydrogen-bond donors (Lipinski definition) is 1. The number of para-hydroxylation sites is 1. The molecule has 2 aromatic carbocycles. The van der Waals surface area contributed by atoms with Gasteiger partial charge in [-0.1, -0.05) is 30.3 Å². The van der Waals surface area contributed by atoms with E-state index in [1.165, 1.54) is 0 Å². The molecule has 0 radical (unpaired) electrons. The summed E-state index contributed by atoms with van der Waals surface area (Å²) in [5, 5.41) is 3.05. The van der Waals surface area contributed by atoms with Crippen LogP contribution in [0.2, 0.25) is 0 Å². The fraction of sp³-hybridized carbons (Fsp3) is 0.409. The highest BCUT2D eigenvalue weighted by atomic mass is 16.5. The maximum Gasteiger partial charge on any atom is 0.220 e. The van der Waals surface area contributed by atoms with Crippen molar-refractivity contribution < 1.29 is 14.3 Å². The first-order valence-corrected chi connectivity index (χ1v) is 9.33. The number of nitrogens with zero attached hydrogens (tertiary/aromatic N) is 1. The van der Waals surface area contributed by atoms with E-state index in [-0.39, 0.29) is 11.9 Å². The molecule has 0 aliphatic heterocycles. The lowest BCUT2D eigenvalue weighted by Crippen LogP contribution is -2.34. The Kier molecular flexibility index (Phi) is 8.14. The number of nitrogens with one attached hydrogen (secondary N) is 1. The van der Waals surface area contributed by atoms with Crippen molar-refractivity contribution in [1.29, 1.82) is 0 Å².